The summed E-state index contributed by atoms with van der Waals surface area (Å²) in [4.78, 5) is 6.85. The topological polar surface area (TPSA) is 42.3 Å². The lowest BCUT2D eigenvalue weighted by molar-refractivity contribution is 0.164. The number of aryl methyl sites for hydroxylation is 1. The van der Waals surface area contributed by atoms with Crippen LogP contribution in [-0.4, -0.2) is 39.8 Å². The molecular formula is C23H25BrN4OS. The number of rotatable bonds is 6. The fourth-order valence-electron chi connectivity index (χ4n) is 4.27. The van der Waals surface area contributed by atoms with Gasteiger partial charge in [0.25, 0.3) is 0 Å². The van der Waals surface area contributed by atoms with E-state index in [1.807, 2.05) is 24.4 Å². The van der Waals surface area contributed by atoms with Crippen LogP contribution in [0.5, 0.6) is 0 Å². The molecule has 5 nitrogen and oxygen atoms in total. The molecule has 2 atom stereocenters. The van der Waals surface area contributed by atoms with Gasteiger partial charge in [0.15, 0.2) is 5.11 Å². The van der Waals surface area contributed by atoms with Gasteiger partial charge < -0.3 is 19.5 Å². The minimum absolute atomic E-state index is 0.0243. The number of aromatic nitrogens is 2. The summed E-state index contributed by atoms with van der Waals surface area (Å²) in [5.41, 5.74) is 5.72. The number of halogens is 1. The molecule has 0 saturated carbocycles. The third kappa shape index (κ3) is 3.77. The van der Waals surface area contributed by atoms with Crippen molar-refractivity contribution in [3.8, 4) is 5.69 Å². The summed E-state index contributed by atoms with van der Waals surface area (Å²) in [5, 5.41) is 4.24. The molecule has 7 heteroatoms. The Morgan fingerprint density at radius 3 is 2.63 bits per heavy atom. The Morgan fingerprint density at radius 1 is 1.17 bits per heavy atom. The molecule has 1 saturated heterocycles. The number of thiocarbonyl (C=S) groups is 1. The normalized spacial score (nSPS) is 18.7. The highest BCUT2D eigenvalue weighted by atomic mass is 79.9. The first-order chi connectivity index (χ1) is 14.5. The van der Waals surface area contributed by atoms with Crippen LogP contribution in [0.4, 0.5) is 0 Å². The van der Waals surface area contributed by atoms with E-state index >= 15 is 0 Å². The summed E-state index contributed by atoms with van der Waals surface area (Å²) in [7, 11) is 1.72. The number of para-hydroxylation sites is 1. The van der Waals surface area contributed by atoms with Crippen molar-refractivity contribution in [2.75, 3.05) is 20.3 Å². The third-order valence-electron chi connectivity index (χ3n) is 5.62. The number of hydrogen-bond donors (Lipinski definition) is 1. The minimum atomic E-state index is -0.0243. The smallest absolute Gasteiger partial charge is 0.170 e. The first-order valence-electron chi connectivity index (χ1n) is 9.93. The van der Waals surface area contributed by atoms with Gasteiger partial charge >= 0.3 is 0 Å². The van der Waals surface area contributed by atoms with E-state index in [0.717, 1.165) is 27.5 Å². The first kappa shape index (κ1) is 21.0. The highest BCUT2D eigenvalue weighted by Gasteiger charge is 2.41. The lowest BCUT2D eigenvalue weighted by Gasteiger charge is -2.28. The van der Waals surface area contributed by atoms with Crippen LogP contribution in [0.2, 0.25) is 0 Å². The molecule has 1 N–H and O–H groups in total. The molecule has 30 heavy (non-hydrogen) atoms. The van der Waals surface area contributed by atoms with Gasteiger partial charge in [0.1, 0.15) is 0 Å². The van der Waals surface area contributed by atoms with Crippen LogP contribution in [-0.2, 0) is 4.74 Å². The van der Waals surface area contributed by atoms with Crippen molar-refractivity contribution in [2.24, 2.45) is 0 Å². The van der Waals surface area contributed by atoms with Crippen LogP contribution in [0.25, 0.3) is 5.69 Å². The van der Waals surface area contributed by atoms with E-state index < -0.39 is 0 Å². The fourth-order valence-corrected chi connectivity index (χ4v) is 5.06. The van der Waals surface area contributed by atoms with Crippen LogP contribution in [0, 0.1) is 13.8 Å². The number of pyridine rings is 1. The molecule has 4 rings (SSSR count). The number of methoxy groups -OCH3 is 1. The Balaban J connectivity index is 1.83. The predicted octanol–water partition coefficient (Wildman–Crippen LogP) is 4.87. The molecule has 0 amide bonds. The van der Waals surface area contributed by atoms with Crippen molar-refractivity contribution in [1.82, 2.24) is 19.8 Å². The third-order valence-corrected chi connectivity index (χ3v) is 6.64. The second kappa shape index (κ2) is 8.88. The lowest BCUT2D eigenvalue weighted by Crippen LogP contribution is -2.32. The van der Waals surface area contributed by atoms with Crippen molar-refractivity contribution in [3.63, 3.8) is 0 Å². The van der Waals surface area contributed by atoms with E-state index in [4.69, 9.17) is 17.0 Å². The largest absolute Gasteiger partial charge is 0.383 e. The quantitative estimate of drug-likeness (QED) is 0.505. The number of nitrogens with one attached hydrogen (secondary N) is 1. The summed E-state index contributed by atoms with van der Waals surface area (Å²) in [6.45, 7) is 5.64. The minimum Gasteiger partial charge on any atom is -0.383 e. The molecule has 0 bridgehead atoms. The number of benzene rings is 1. The molecule has 1 aliphatic heterocycles. The van der Waals surface area contributed by atoms with Gasteiger partial charge in [-0.05, 0) is 77.9 Å². The van der Waals surface area contributed by atoms with Crippen LogP contribution < -0.4 is 5.32 Å². The van der Waals surface area contributed by atoms with Gasteiger partial charge in [-0.3, -0.25) is 4.98 Å². The Morgan fingerprint density at radius 2 is 1.93 bits per heavy atom. The summed E-state index contributed by atoms with van der Waals surface area (Å²) >= 11 is 9.43. The van der Waals surface area contributed by atoms with Crippen molar-refractivity contribution in [1.29, 1.82) is 0 Å². The molecule has 0 radical (unpaired) electrons. The van der Waals surface area contributed by atoms with Crippen molar-refractivity contribution >= 4 is 33.3 Å². The van der Waals surface area contributed by atoms with Gasteiger partial charge in [-0.1, -0.05) is 18.2 Å². The number of nitrogens with zero attached hydrogens (tertiary/aromatic N) is 3. The Labute approximate surface area is 191 Å². The molecule has 3 heterocycles. The van der Waals surface area contributed by atoms with E-state index in [9.17, 15) is 0 Å². The van der Waals surface area contributed by atoms with E-state index in [-0.39, 0.29) is 12.1 Å². The Bertz CT molecular complexity index is 1050. The maximum absolute atomic E-state index is 5.72. The second-order valence-corrected chi connectivity index (χ2v) is 8.67. The average Bonchev–Trinajstić information content (AvgIpc) is 3.23. The summed E-state index contributed by atoms with van der Waals surface area (Å²) in [6, 6.07) is 16.6. The van der Waals surface area contributed by atoms with E-state index in [0.29, 0.717) is 6.61 Å². The summed E-state index contributed by atoms with van der Waals surface area (Å²) in [6.07, 6.45) is 1.83. The first-order valence-corrected chi connectivity index (χ1v) is 11.1. The van der Waals surface area contributed by atoms with Gasteiger partial charge in [-0.25, -0.2) is 0 Å². The zero-order valence-corrected chi connectivity index (χ0v) is 19.7. The molecular weight excluding hydrogens is 460 g/mol. The van der Waals surface area contributed by atoms with Crippen LogP contribution in [0.15, 0.2) is 59.2 Å². The number of ether oxygens (including phenoxy) is 1. The highest BCUT2D eigenvalue weighted by molar-refractivity contribution is 9.10. The SMILES string of the molecule is COCCN1C(=S)N[C@H](c2ccccn2)[C@H]1c1cc(C)n(-c2ccccc2Br)c1C. The van der Waals surface area contributed by atoms with Gasteiger partial charge in [0.05, 0.1) is 30.1 Å². The maximum atomic E-state index is 5.72. The molecule has 1 aliphatic rings. The fraction of sp³-hybridized carbons (Fsp3) is 0.304. The molecule has 3 aromatic rings. The maximum Gasteiger partial charge on any atom is 0.170 e. The summed E-state index contributed by atoms with van der Waals surface area (Å²) in [5.74, 6) is 0. The lowest BCUT2D eigenvalue weighted by atomic mass is 9.97. The predicted molar refractivity (Wildman–Crippen MR) is 127 cm³/mol. The second-order valence-electron chi connectivity index (χ2n) is 7.43. The van der Waals surface area contributed by atoms with Crippen LogP contribution in [0.3, 0.4) is 0 Å². The highest BCUT2D eigenvalue weighted by Crippen LogP contribution is 2.41. The molecule has 2 aromatic heterocycles. The monoisotopic (exact) mass is 484 g/mol. The Hall–Kier alpha value is -2.22. The van der Waals surface area contributed by atoms with Gasteiger partial charge in [0.2, 0.25) is 0 Å². The van der Waals surface area contributed by atoms with Crippen LogP contribution >= 0.6 is 28.1 Å². The molecule has 1 aromatic carbocycles. The number of hydrogen-bond acceptors (Lipinski definition) is 3. The average molecular weight is 485 g/mol. The van der Waals surface area contributed by atoms with Crippen LogP contribution in [0.1, 0.15) is 34.7 Å². The van der Waals surface area contributed by atoms with Gasteiger partial charge in [0, 0.05) is 35.7 Å². The molecule has 0 unspecified atom stereocenters. The standard InChI is InChI=1S/C23H25BrN4OS/c1-15-14-17(16(2)28(15)20-10-5-4-8-18(20)24)22-21(19-9-6-7-11-25-19)26-23(30)27(22)12-13-29-3/h4-11,14,21-22H,12-13H2,1-3H3,(H,26,30)/t21-,22-/m1/s1. The molecule has 156 valence electrons. The zero-order chi connectivity index (χ0) is 21.3. The summed E-state index contributed by atoms with van der Waals surface area (Å²) < 4.78 is 8.73. The van der Waals surface area contributed by atoms with Gasteiger partial charge in [-0.2, -0.15) is 0 Å². The molecule has 0 spiro atoms. The Kier molecular flexibility index (Phi) is 6.22. The van der Waals surface area contributed by atoms with E-state index in [2.05, 4.69) is 79.9 Å². The molecule has 0 aliphatic carbocycles. The van der Waals surface area contributed by atoms with Gasteiger partial charge in [-0.15, -0.1) is 0 Å². The van der Waals surface area contributed by atoms with Crippen molar-refractivity contribution in [2.45, 2.75) is 25.9 Å². The van der Waals surface area contributed by atoms with Crippen molar-refractivity contribution in [3.05, 3.63) is 81.8 Å². The van der Waals surface area contributed by atoms with E-state index in [1.54, 1.807) is 7.11 Å². The van der Waals surface area contributed by atoms with E-state index in [1.165, 1.54) is 17.0 Å². The zero-order valence-electron chi connectivity index (χ0n) is 17.3. The molecule has 1 fully saturated rings. The van der Waals surface area contributed by atoms with Crippen molar-refractivity contribution < 1.29 is 4.74 Å².